The van der Waals surface area contributed by atoms with Gasteiger partial charge in [0.15, 0.2) is 11.5 Å². The fourth-order valence-electron chi connectivity index (χ4n) is 3.05. The molecule has 0 aliphatic rings. The number of nitrogens with zero attached hydrogens (tertiary/aromatic N) is 3. The summed E-state index contributed by atoms with van der Waals surface area (Å²) in [6.45, 7) is 1.76. The van der Waals surface area contributed by atoms with E-state index in [1.807, 2.05) is 30.3 Å². The smallest absolute Gasteiger partial charge is 0.298 e. The average Bonchev–Trinajstić information content (AvgIpc) is 3.06. The first-order valence-electron chi connectivity index (χ1n) is 8.39. The summed E-state index contributed by atoms with van der Waals surface area (Å²) in [6, 6.07) is 13.1. The molecule has 4 aromatic rings. The summed E-state index contributed by atoms with van der Waals surface area (Å²) in [5.41, 5.74) is 2.50. The van der Waals surface area contributed by atoms with Gasteiger partial charge in [-0.25, -0.2) is 4.98 Å². The number of rotatable bonds is 4. The number of methoxy groups -OCH3 is 2. The van der Waals surface area contributed by atoms with Crippen LogP contribution in [0.15, 0.2) is 52.4 Å². The van der Waals surface area contributed by atoms with Crippen molar-refractivity contribution in [1.29, 1.82) is 0 Å². The molecule has 2 aromatic carbocycles. The lowest BCUT2D eigenvalue weighted by Crippen LogP contribution is -2.20. The van der Waals surface area contributed by atoms with Gasteiger partial charge in [0.1, 0.15) is 16.9 Å². The maximum atomic E-state index is 12.9. The maximum Gasteiger partial charge on any atom is 0.298 e. The van der Waals surface area contributed by atoms with Crippen molar-refractivity contribution in [1.82, 2.24) is 14.6 Å². The Morgan fingerprint density at radius 2 is 1.89 bits per heavy atom. The van der Waals surface area contributed by atoms with E-state index in [9.17, 15) is 4.79 Å². The molecular weight excluding hydrogens is 344 g/mol. The molecule has 1 N–H and O–H groups in total. The number of H-pyrrole nitrogens is 1. The van der Waals surface area contributed by atoms with E-state index in [2.05, 4.69) is 15.1 Å². The van der Waals surface area contributed by atoms with E-state index >= 15 is 0 Å². The molecule has 2 heterocycles. The number of benzene rings is 2. The van der Waals surface area contributed by atoms with Crippen molar-refractivity contribution in [3.8, 4) is 11.5 Å². The highest BCUT2D eigenvalue weighted by molar-refractivity contribution is 6.04. The van der Waals surface area contributed by atoms with Gasteiger partial charge in [-0.05, 0) is 36.8 Å². The zero-order chi connectivity index (χ0) is 19.0. The number of para-hydroxylation sites is 1. The van der Waals surface area contributed by atoms with Crippen LogP contribution in [-0.2, 0) is 0 Å². The van der Waals surface area contributed by atoms with Crippen LogP contribution in [-0.4, -0.2) is 35.1 Å². The summed E-state index contributed by atoms with van der Waals surface area (Å²) in [7, 11) is 3.15. The molecule has 0 unspecified atom stereocenters. The molecule has 0 amide bonds. The first kappa shape index (κ1) is 16.8. The van der Waals surface area contributed by atoms with E-state index in [0.29, 0.717) is 28.4 Å². The molecule has 0 saturated heterocycles. The van der Waals surface area contributed by atoms with Crippen LogP contribution >= 0.6 is 0 Å². The zero-order valence-electron chi connectivity index (χ0n) is 15.2. The van der Waals surface area contributed by atoms with Gasteiger partial charge in [0, 0.05) is 10.9 Å². The number of fused-ring (bicyclic) bond motifs is 3. The molecule has 0 saturated carbocycles. The van der Waals surface area contributed by atoms with E-state index in [4.69, 9.17) is 9.47 Å². The maximum absolute atomic E-state index is 12.9. The molecule has 0 bridgehead atoms. The van der Waals surface area contributed by atoms with Gasteiger partial charge < -0.3 is 14.5 Å². The van der Waals surface area contributed by atoms with Gasteiger partial charge in [-0.15, -0.1) is 0 Å². The molecular formula is C20H18N4O3. The van der Waals surface area contributed by atoms with E-state index in [1.165, 1.54) is 4.68 Å². The quantitative estimate of drug-likeness (QED) is 0.566. The van der Waals surface area contributed by atoms with Crippen molar-refractivity contribution in [3.05, 3.63) is 64.2 Å². The number of nitrogens with one attached hydrogen (secondary N) is 1. The van der Waals surface area contributed by atoms with Crippen LogP contribution in [0.2, 0.25) is 0 Å². The molecule has 0 aliphatic heterocycles. The Bertz CT molecular complexity index is 1240. The van der Waals surface area contributed by atoms with Crippen molar-refractivity contribution in [3.63, 3.8) is 0 Å². The fraction of sp³-hybridized carbons (Fsp3) is 0.150. The van der Waals surface area contributed by atoms with Crippen LogP contribution in [0.5, 0.6) is 11.5 Å². The lowest BCUT2D eigenvalue weighted by Gasteiger charge is -2.07. The summed E-state index contributed by atoms with van der Waals surface area (Å²) in [5, 5.41) is 5.25. The first-order chi connectivity index (χ1) is 13.1. The molecule has 0 fully saturated rings. The predicted molar refractivity (Wildman–Crippen MR) is 105 cm³/mol. The predicted octanol–water partition coefficient (Wildman–Crippen LogP) is 3.09. The van der Waals surface area contributed by atoms with Crippen molar-refractivity contribution in [2.45, 2.75) is 6.92 Å². The van der Waals surface area contributed by atoms with Crippen molar-refractivity contribution in [2.24, 2.45) is 5.10 Å². The second-order valence-electron chi connectivity index (χ2n) is 6.03. The lowest BCUT2D eigenvalue weighted by molar-refractivity contribution is 0.355. The molecule has 27 heavy (non-hydrogen) atoms. The minimum absolute atomic E-state index is 0.245. The van der Waals surface area contributed by atoms with Gasteiger partial charge >= 0.3 is 0 Å². The van der Waals surface area contributed by atoms with Crippen molar-refractivity contribution in [2.75, 3.05) is 14.2 Å². The first-order valence-corrected chi connectivity index (χ1v) is 8.39. The normalized spacial score (nSPS) is 11.5. The van der Waals surface area contributed by atoms with Gasteiger partial charge in [0.25, 0.3) is 5.56 Å². The zero-order valence-corrected chi connectivity index (χ0v) is 15.2. The molecule has 4 rings (SSSR count). The third kappa shape index (κ3) is 2.83. The number of aryl methyl sites for hydroxylation is 1. The number of hydrogen-bond donors (Lipinski definition) is 1. The van der Waals surface area contributed by atoms with Crippen LogP contribution in [0.4, 0.5) is 0 Å². The number of hydrogen-bond acceptors (Lipinski definition) is 5. The summed E-state index contributed by atoms with van der Waals surface area (Å²) < 4.78 is 11.8. The Kier molecular flexibility index (Phi) is 4.12. The molecule has 0 aliphatic carbocycles. The monoisotopic (exact) mass is 362 g/mol. The number of ether oxygens (including phenoxy) is 2. The fourth-order valence-corrected chi connectivity index (χ4v) is 3.05. The second kappa shape index (κ2) is 6.60. The van der Waals surface area contributed by atoms with Crippen molar-refractivity contribution >= 4 is 28.2 Å². The van der Waals surface area contributed by atoms with Crippen LogP contribution in [0.3, 0.4) is 0 Å². The standard InChI is InChI=1S/C20H18N4O3/c1-12-22-18-14-6-4-5-7-15(14)23-19(18)20(25)24(12)21-11-13-8-9-16(26-2)17(10-13)27-3/h4-11,23H,1-3H3/b21-11-. The van der Waals surface area contributed by atoms with Gasteiger partial charge in [0.05, 0.1) is 20.4 Å². The van der Waals surface area contributed by atoms with Gasteiger partial charge in [0.2, 0.25) is 0 Å². The Morgan fingerprint density at radius 3 is 2.67 bits per heavy atom. The highest BCUT2D eigenvalue weighted by atomic mass is 16.5. The van der Waals surface area contributed by atoms with Gasteiger partial charge in [-0.3, -0.25) is 4.79 Å². The Morgan fingerprint density at radius 1 is 1.11 bits per heavy atom. The molecule has 7 heteroatoms. The molecule has 0 radical (unpaired) electrons. The minimum atomic E-state index is -0.245. The van der Waals surface area contributed by atoms with Crippen LogP contribution in [0.25, 0.3) is 21.9 Å². The highest BCUT2D eigenvalue weighted by Crippen LogP contribution is 2.27. The number of aromatic nitrogens is 3. The number of aromatic amines is 1. The lowest BCUT2D eigenvalue weighted by atomic mass is 10.2. The Balaban J connectivity index is 1.81. The summed E-state index contributed by atoms with van der Waals surface area (Å²) in [4.78, 5) is 20.6. The van der Waals surface area contributed by atoms with E-state index in [-0.39, 0.29) is 5.56 Å². The highest BCUT2D eigenvalue weighted by Gasteiger charge is 2.12. The van der Waals surface area contributed by atoms with Crippen molar-refractivity contribution < 1.29 is 9.47 Å². The molecule has 2 aromatic heterocycles. The Hall–Kier alpha value is -3.61. The third-order valence-electron chi connectivity index (χ3n) is 4.39. The minimum Gasteiger partial charge on any atom is -0.493 e. The van der Waals surface area contributed by atoms with E-state index in [1.54, 1.807) is 39.5 Å². The van der Waals surface area contributed by atoms with Crippen LogP contribution < -0.4 is 15.0 Å². The average molecular weight is 362 g/mol. The third-order valence-corrected chi connectivity index (χ3v) is 4.39. The largest absolute Gasteiger partial charge is 0.493 e. The molecule has 0 atom stereocenters. The van der Waals surface area contributed by atoms with E-state index < -0.39 is 0 Å². The molecule has 7 nitrogen and oxygen atoms in total. The Labute approximate surface area is 154 Å². The second-order valence-corrected chi connectivity index (χ2v) is 6.03. The molecule has 0 spiro atoms. The molecule has 136 valence electrons. The van der Waals surface area contributed by atoms with E-state index in [0.717, 1.165) is 16.5 Å². The SMILES string of the molecule is COc1ccc(/C=N\n2c(C)nc3c([nH]c4ccccc43)c2=O)cc1OC. The topological polar surface area (TPSA) is 81.5 Å². The summed E-state index contributed by atoms with van der Waals surface area (Å²) >= 11 is 0. The van der Waals surface area contributed by atoms with Crippen LogP contribution in [0.1, 0.15) is 11.4 Å². The van der Waals surface area contributed by atoms with Gasteiger partial charge in [-0.2, -0.15) is 9.78 Å². The summed E-state index contributed by atoms with van der Waals surface area (Å²) in [6.07, 6.45) is 1.59. The van der Waals surface area contributed by atoms with Crippen LogP contribution in [0, 0.1) is 6.92 Å². The van der Waals surface area contributed by atoms with Gasteiger partial charge in [-0.1, -0.05) is 18.2 Å². The summed E-state index contributed by atoms with van der Waals surface area (Å²) in [5.74, 6) is 1.73.